The first-order chi connectivity index (χ1) is 4.79. The lowest BCUT2D eigenvalue weighted by molar-refractivity contribution is 0.577. The lowest BCUT2D eigenvalue weighted by Crippen LogP contribution is -1.82. The molecule has 0 saturated heterocycles. The van der Waals surface area contributed by atoms with Crippen molar-refractivity contribution in [3.05, 3.63) is 0 Å². The Morgan fingerprint density at radius 2 is 2.10 bits per heavy atom. The second-order valence-electron chi connectivity index (χ2n) is 4.38. The molecule has 0 N–H and O–H groups in total. The van der Waals surface area contributed by atoms with Crippen LogP contribution in [0.3, 0.4) is 0 Å². The molecule has 0 aromatic heterocycles. The number of hydrogen-bond acceptors (Lipinski definition) is 0. The number of unbranched alkanes of at least 4 members (excludes halogenated alkanes) is 1. The summed E-state index contributed by atoms with van der Waals surface area (Å²) in [5, 5.41) is 0. The predicted molar refractivity (Wildman–Crippen MR) is 43.8 cm³/mol. The Hall–Kier alpha value is 0. The SMILES string of the molecule is CCCCC1CC12CC2C. The molecular formula is C10H18. The van der Waals surface area contributed by atoms with Gasteiger partial charge in [-0.05, 0) is 36.5 Å². The summed E-state index contributed by atoms with van der Waals surface area (Å²) in [5.41, 5.74) is 0.926. The van der Waals surface area contributed by atoms with Gasteiger partial charge in [0.2, 0.25) is 0 Å². The van der Waals surface area contributed by atoms with Crippen molar-refractivity contribution in [1.82, 2.24) is 0 Å². The molecule has 0 bridgehead atoms. The summed E-state index contributed by atoms with van der Waals surface area (Å²) in [6.07, 6.45) is 7.52. The fraction of sp³-hybridized carbons (Fsp3) is 1.00. The first kappa shape index (κ1) is 6.69. The Morgan fingerprint density at radius 1 is 1.40 bits per heavy atom. The highest BCUT2D eigenvalue weighted by Crippen LogP contribution is 2.75. The van der Waals surface area contributed by atoms with Gasteiger partial charge in [-0.3, -0.25) is 0 Å². The van der Waals surface area contributed by atoms with Crippen molar-refractivity contribution in [3.8, 4) is 0 Å². The summed E-state index contributed by atoms with van der Waals surface area (Å²) in [7, 11) is 0. The average Bonchev–Trinajstić information content (AvgIpc) is 2.74. The van der Waals surface area contributed by atoms with Gasteiger partial charge in [-0.1, -0.05) is 26.7 Å². The number of rotatable bonds is 3. The Kier molecular flexibility index (Phi) is 1.33. The predicted octanol–water partition coefficient (Wildman–Crippen LogP) is 3.22. The molecule has 0 heteroatoms. The van der Waals surface area contributed by atoms with E-state index in [1.54, 1.807) is 12.8 Å². The van der Waals surface area contributed by atoms with Gasteiger partial charge >= 0.3 is 0 Å². The van der Waals surface area contributed by atoms with Gasteiger partial charge in [-0.15, -0.1) is 0 Å². The van der Waals surface area contributed by atoms with Crippen molar-refractivity contribution < 1.29 is 0 Å². The molecule has 3 atom stereocenters. The van der Waals surface area contributed by atoms with E-state index in [9.17, 15) is 0 Å². The van der Waals surface area contributed by atoms with Gasteiger partial charge in [-0.25, -0.2) is 0 Å². The van der Waals surface area contributed by atoms with Crippen LogP contribution in [0.2, 0.25) is 0 Å². The highest BCUT2D eigenvalue weighted by atomic mass is 14.7. The average molecular weight is 138 g/mol. The summed E-state index contributed by atoms with van der Waals surface area (Å²) < 4.78 is 0. The molecule has 0 heterocycles. The van der Waals surface area contributed by atoms with E-state index in [1.807, 2.05) is 0 Å². The maximum Gasteiger partial charge on any atom is -0.0238 e. The second kappa shape index (κ2) is 1.99. The first-order valence-corrected chi connectivity index (χ1v) is 4.79. The van der Waals surface area contributed by atoms with Gasteiger partial charge in [0.1, 0.15) is 0 Å². The zero-order valence-corrected chi connectivity index (χ0v) is 7.19. The first-order valence-electron chi connectivity index (χ1n) is 4.79. The maximum absolute atomic E-state index is 2.42. The van der Waals surface area contributed by atoms with Crippen molar-refractivity contribution in [3.63, 3.8) is 0 Å². The smallest absolute Gasteiger partial charge is 0.0238 e. The Balaban J connectivity index is 1.71. The third-order valence-electron chi connectivity index (χ3n) is 3.69. The molecule has 0 aliphatic heterocycles. The molecule has 2 fully saturated rings. The minimum atomic E-state index is 0.926. The topological polar surface area (TPSA) is 0 Å². The van der Waals surface area contributed by atoms with Crippen LogP contribution in [0.15, 0.2) is 0 Å². The zero-order chi connectivity index (χ0) is 7.19. The van der Waals surface area contributed by atoms with E-state index >= 15 is 0 Å². The van der Waals surface area contributed by atoms with Crippen LogP contribution in [0.5, 0.6) is 0 Å². The van der Waals surface area contributed by atoms with E-state index in [0.717, 1.165) is 17.3 Å². The molecule has 3 unspecified atom stereocenters. The van der Waals surface area contributed by atoms with Gasteiger partial charge in [0.15, 0.2) is 0 Å². The van der Waals surface area contributed by atoms with Crippen molar-refractivity contribution in [1.29, 1.82) is 0 Å². The zero-order valence-electron chi connectivity index (χ0n) is 7.19. The van der Waals surface area contributed by atoms with Crippen LogP contribution >= 0.6 is 0 Å². The van der Waals surface area contributed by atoms with Gasteiger partial charge in [0.05, 0.1) is 0 Å². The molecule has 2 rings (SSSR count). The molecular weight excluding hydrogens is 120 g/mol. The summed E-state index contributed by atoms with van der Waals surface area (Å²) in [4.78, 5) is 0. The van der Waals surface area contributed by atoms with Gasteiger partial charge in [-0.2, -0.15) is 0 Å². The van der Waals surface area contributed by atoms with Crippen LogP contribution in [0.1, 0.15) is 46.0 Å². The molecule has 0 radical (unpaired) electrons. The molecule has 2 saturated carbocycles. The largest absolute Gasteiger partial charge is 0.0654 e. The van der Waals surface area contributed by atoms with Crippen molar-refractivity contribution in [2.75, 3.05) is 0 Å². The Morgan fingerprint density at radius 3 is 2.50 bits per heavy atom. The summed E-state index contributed by atoms with van der Waals surface area (Å²) in [5.74, 6) is 2.25. The van der Waals surface area contributed by atoms with Crippen molar-refractivity contribution >= 4 is 0 Å². The molecule has 2 aliphatic carbocycles. The third-order valence-corrected chi connectivity index (χ3v) is 3.69. The molecule has 0 aromatic rings. The van der Waals surface area contributed by atoms with Crippen molar-refractivity contribution in [2.24, 2.45) is 17.3 Å². The standard InChI is InChI=1S/C10H18/c1-3-4-5-9-7-10(9)6-8(10)2/h8-9H,3-7H2,1-2H3. The molecule has 1 spiro atoms. The van der Waals surface area contributed by atoms with E-state index < -0.39 is 0 Å². The molecule has 10 heavy (non-hydrogen) atoms. The fourth-order valence-electron chi connectivity index (χ4n) is 2.60. The number of hydrogen-bond donors (Lipinski definition) is 0. The van der Waals surface area contributed by atoms with E-state index in [4.69, 9.17) is 0 Å². The lowest BCUT2D eigenvalue weighted by Gasteiger charge is -1.93. The monoisotopic (exact) mass is 138 g/mol. The minimum absolute atomic E-state index is 0.926. The van der Waals surface area contributed by atoms with Crippen LogP contribution in [-0.2, 0) is 0 Å². The summed E-state index contributed by atoms with van der Waals surface area (Å²) >= 11 is 0. The second-order valence-corrected chi connectivity index (χ2v) is 4.38. The van der Waals surface area contributed by atoms with Crippen LogP contribution in [-0.4, -0.2) is 0 Å². The molecule has 2 aliphatic rings. The van der Waals surface area contributed by atoms with Crippen molar-refractivity contribution in [2.45, 2.75) is 46.0 Å². The molecule has 58 valence electrons. The van der Waals surface area contributed by atoms with Crippen LogP contribution < -0.4 is 0 Å². The van der Waals surface area contributed by atoms with Gasteiger partial charge in [0.25, 0.3) is 0 Å². The minimum Gasteiger partial charge on any atom is -0.0654 e. The van der Waals surface area contributed by atoms with E-state index in [1.165, 1.54) is 19.3 Å². The van der Waals surface area contributed by atoms with E-state index in [2.05, 4.69) is 13.8 Å². The van der Waals surface area contributed by atoms with E-state index in [-0.39, 0.29) is 0 Å². The Labute approximate surface area is 64.0 Å². The lowest BCUT2D eigenvalue weighted by atomic mass is 10.1. The fourth-order valence-corrected chi connectivity index (χ4v) is 2.60. The summed E-state index contributed by atoms with van der Waals surface area (Å²) in [6.45, 7) is 4.72. The quantitative estimate of drug-likeness (QED) is 0.561. The van der Waals surface area contributed by atoms with Crippen LogP contribution in [0.25, 0.3) is 0 Å². The maximum atomic E-state index is 2.42. The van der Waals surface area contributed by atoms with Gasteiger partial charge in [0, 0.05) is 0 Å². The molecule has 0 aromatic carbocycles. The Bertz CT molecular complexity index is 139. The van der Waals surface area contributed by atoms with Crippen LogP contribution in [0, 0.1) is 17.3 Å². The normalized spacial score (nSPS) is 49.8. The van der Waals surface area contributed by atoms with Crippen LogP contribution in [0.4, 0.5) is 0 Å². The third kappa shape index (κ3) is 0.810. The summed E-state index contributed by atoms with van der Waals surface area (Å²) in [6, 6.07) is 0. The highest BCUT2D eigenvalue weighted by Gasteiger charge is 2.67. The molecule has 0 amide bonds. The highest BCUT2D eigenvalue weighted by molar-refractivity contribution is 5.16. The molecule has 0 nitrogen and oxygen atoms in total. The van der Waals surface area contributed by atoms with E-state index in [0.29, 0.717) is 0 Å². The van der Waals surface area contributed by atoms with Gasteiger partial charge < -0.3 is 0 Å².